The van der Waals surface area contributed by atoms with E-state index in [9.17, 15) is 0 Å². The van der Waals surface area contributed by atoms with Gasteiger partial charge in [-0.15, -0.1) is 0 Å². The van der Waals surface area contributed by atoms with Gasteiger partial charge in [0, 0.05) is 0 Å². The minimum Gasteiger partial charge on any atom is -0.0651 e. The topological polar surface area (TPSA) is 0 Å². The molecule has 5 atom stereocenters. The SMILES string of the molecule is CCC1CCCCC(C)C2(C)CC2C(C)CC1. The van der Waals surface area contributed by atoms with Gasteiger partial charge in [-0.1, -0.05) is 72.6 Å². The molecule has 0 radical (unpaired) electrons. The van der Waals surface area contributed by atoms with Crippen LogP contribution in [-0.4, -0.2) is 0 Å². The van der Waals surface area contributed by atoms with Crippen LogP contribution in [0.2, 0.25) is 0 Å². The van der Waals surface area contributed by atoms with Gasteiger partial charge in [-0.05, 0) is 35.5 Å². The lowest BCUT2D eigenvalue weighted by atomic mass is 9.83. The van der Waals surface area contributed by atoms with Gasteiger partial charge >= 0.3 is 0 Å². The standard InChI is InChI=1S/C17H32/c1-5-15-9-7-6-8-14(3)17(4)12-16(17)13(2)10-11-15/h13-16H,5-12H2,1-4H3. The molecule has 2 aliphatic rings. The summed E-state index contributed by atoms with van der Waals surface area (Å²) in [6, 6.07) is 0. The van der Waals surface area contributed by atoms with E-state index >= 15 is 0 Å². The average molecular weight is 236 g/mol. The normalized spacial score (nSPS) is 48.0. The number of hydrogen-bond acceptors (Lipinski definition) is 0. The first-order valence-corrected chi connectivity index (χ1v) is 8.08. The third-order valence-corrected chi connectivity index (χ3v) is 6.27. The van der Waals surface area contributed by atoms with Crippen molar-refractivity contribution in [1.29, 1.82) is 0 Å². The number of fused-ring (bicyclic) bond motifs is 1. The van der Waals surface area contributed by atoms with Crippen LogP contribution in [0.5, 0.6) is 0 Å². The summed E-state index contributed by atoms with van der Waals surface area (Å²) in [5.74, 6) is 4.02. The van der Waals surface area contributed by atoms with E-state index in [4.69, 9.17) is 0 Å². The molecule has 0 heteroatoms. The van der Waals surface area contributed by atoms with Gasteiger partial charge in [-0.2, -0.15) is 0 Å². The maximum absolute atomic E-state index is 2.56. The summed E-state index contributed by atoms with van der Waals surface area (Å²) in [6.45, 7) is 9.99. The van der Waals surface area contributed by atoms with Crippen LogP contribution in [0.25, 0.3) is 0 Å². The third kappa shape index (κ3) is 2.88. The molecule has 2 saturated carbocycles. The van der Waals surface area contributed by atoms with Gasteiger partial charge in [0.05, 0.1) is 0 Å². The predicted molar refractivity (Wildman–Crippen MR) is 76.0 cm³/mol. The molecule has 5 unspecified atom stereocenters. The van der Waals surface area contributed by atoms with Gasteiger partial charge in [0.2, 0.25) is 0 Å². The second-order valence-electron chi connectivity index (χ2n) is 7.33. The Labute approximate surface area is 109 Å². The zero-order valence-corrected chi connectivity index (χ0v) is 12.5. The summed E-state index contributed by atoms with van der Waals surface area (Å²) in [5, 5.41) is 0. The van der Waals surface area contributed by atoms with Crippen molar-refractivity contribution in [2.24, 2.45) is 29.1 Å². The maximum atomic E-state index is 2.56. The van der Waals surface area contributed by atoms with Crippen molar-refractivity contribution in [3.63, 3.8) is 0 Å². The smallest absolute Gasteiger partial charge is 0.0266 e. The Hall–Kier alpha value is 0. The van der Waals surface area contributed by atoms with Crippen molar-refractivity contribution in [2.75, 3.05) is 0 Å². The highest BCUT2D eigenvalue weighted by Crippen LogP contribution is 2.62. The fourth-order valence-corrected chi connectivity index (χ4v) is 4.30. The van der Waals surface area contributed by atoms with Crippen LogP contribution in [0.1, 0.15) is 79.1 Å². The zero-order chi connectivity index (χ0) is 12.5. The molecule has 0 aliphatic heterocycles. The van der Waals surface area contributed by atoms with E-state index < -0.39 is 0 Å². The minimum absolute atomic E-state index is 0.714. The van der Waals surface area contributed by atoms with Crippen molar-refractivity contribution in [3.05, 3.63) is 0 Å². The molecule has 0 amide bonds. The first-order chi connectivity index (χ1) is 8.08. The van der Waals surface area contributed by atoms with Crippen molar-refractivity contribution < 1.29 is 0 Å². The van der Waals surface area contributed by atoms with E-state index in [2.05, 4.69) is 27.7 Å². The maximum Gasteiger partial charge on any atom is -0.0266 e. The lowest BCUT2D eigenvalue weighted by Gasteiger charge is -2.22. The van der Waals surface area contributed by atoms with Crippen LogP contribution >= 0.6 is 0 Å². The van der Waals surface area contributed by atoms with Crippen LogP contribution in [0.4, 0.5) is 0 Å². The first kappa shape index (κ1) is 13.4. The van der Waals surface area contributed by atoms with Gasteiger partial charge in [0.25, 0.3) is 0 Å². The van der Waals surface area contributed by atoms with E-state index in [0.717, 1.165) is 23.7 Å². The Morgan fingerprint density at radius 1 is 1.00 bits per heavy atom. The lowest BCUT2D eigenvalue weighted by molar-refractivity contribution is 0.269. The molecule has 0 N–H and O–H groups in total. The van der Waals surface area contributed by atoms with Crippen molar-refractivity contribution in [2.45, 2.75) is 79.1 Å². The predicted octanol–water partition coefficient (Wildman–Crippen LogP) is 5.67. The van der Waals surface area contributed by atoms with Gasteiger partial charge in [0.1, 0.15) is 0 Å². The highest BCUT2D eigenvalue weighted by atomic mass is 14.6. The van der Waals surface area contributed by atoms with E-state index in [0.29, 0.717) is 5.41 Å². The quantitative estimate of drug-likeness (QED) is 0.550. The molecular weight excluding hydrogens is 204 g/mol. The molecular formula is C17H32. The molecule has 0 aromatic carbocycles. The fourth-order valence-electron chi connectivity index (χ4n) is 4.30. The summed E-state index contributed by atoms with van der Waals surface area (Å²) in [7, 11) is 0. The molecule has 2 aliphatic carbocycles. The van der Waals surface area contributed by atoms with Crippen LogP contribution < -0.4 is 0 Å². The average Bonchev–Trinajstić information content (AvgIpc) is 3.00. The summed E-state index contributed by atoms with van der Waals surface area (Å²) >= 11 is 0. The van der Waals surface area contributed by atoms with E-state index in [1.165, 1.54) is 51.4 Å². The molecule has 2 fully saturated rings. The van der Waals surface area contributed by atoms with Crippen LogP contribution in [0, 0.1) is 29.1 Å². The second-order valence-corrected chi connectivity index (χ2v) is 7.33. The zero-order valence-electron chi connectivity index (χ0n) is 12.5. The molecule has 0 aromatic rings. The van der Waals surface area contributed by atoms with Crippen LogP contribution in [0.3, 0.4) is 0 Å². The highest BCUT2D eigenvalue weighted by molar-refractivity contribution is 5.03. The van der Waals surface area contributed by atoms with Crippen molar-refractivity contribution in [3.8, 4) is 0 Å². The van der Waals surface area contributed by atoms with Crippen LogP contribution in [-0.2, 0) is 0 Å². The summed E-state index contributed by atoms with van der Waals surface area (Å²) < 4.78 is 0. The number of rotatable bonds is 1. The summed E-state index contributed by atoms with van der Waals surface area (Å²) in [5.41, 5.74) is 0.714. The van der Waals surface area contributed by atoms with Gasteiger partial charge in [-0.3, -0.25) is 0 Å². The van der Waals surface area contributed by atoms with E-state index in [1.807, 2.05) is 0 Å². The second kappa shape index (κ2) is 5.33. The third-order valence-electron chi connectivity index (χ3n) is 6.27. The molecule has 100 valence electrons. The molecule has 0 nitrogen and oxygen atoms in total. The monoisotopic (exact) mass is 236 g/mol. The molecule has 0 heterocycles. The van der Waals surface area contributed by atoms with Gasteiger partial charge in [-0.25, -0.2) is 0 Å². The fraction of sp³-hybridized carbons (Fsp3) is 1.00. The van der Waals surface area contributed by atoms with E-state index in [-0.39, 0.29) is 0 Å². The highest BCUT2D eigenvalue weighted by Gasteiger charge is 2.54. The Kier molecular flexibility index (Phi) is 4.21. The van der Waals surface area contributed by atoms with Gasteiger partial charge < -0.3 is 0 Å². The van der Waals surface area contributed by atoms with Gasteiger partial charge in [0.15, 0.2) is 0 Å². The Morgan fingerprint density at radius 3 is 2.41 bits per heavy atom. The Balaban J connectivity index is 1.97. The van der Waals surface area contributed by atoms with Crippen LogP contribution in [0.15, 0.2) is 0 Å². The number of hydrogen-bond donors (Lipinski definition) is 0. The van der Waals surface area contributed by atoms with Crippen molar-refractivity contribution in [1.82, 2.24) is 0 Å². The minimum atomic E-state index is 0.714. The first-order valence-electron chi connectivity index (χ1n) is 8.08. The molecule has 0 aromatic heterocycles. The largest absolute Gasteiger partial charge is 0.0651 e. The molecule has 2 rings (SSSR count). The van der Waals surface area contributed by atoms with Crippen molar-refractivity contribution >= 4 is 0 Å². The lowest BCUT2D eigenvalue weighted by Crippen LogP contribution is -2.14. The van der Waals surface area contributed by atoms with E-state index in [1.54, 1.807) is 0 Å². The molecule has 17 heavy (non-hydrogen) atoms. The summed E-state index contributed by atoms with van der Waals surface area (Å²) in [4.78, 5) is 0. The Morgan fingerprint density at radius 2 is 1.71 bits per heavy atom. The molecule has 0 saturated heterocycles. The molecule has 0 spiro atoms. The molecule has 0 bridgehead atoms. The summed E-state index contributed by atoms with van der Waals surface area (Å²) in [6.07, 6.45) is 11.9. The Bertz CT molecular complexity index is 244.